The molecule has 2 atom stereocenters. The number of nitrogens with zero attached hydrogens (tertiary/aromatic N) is 1. The molecule has 0 bridgehead atoms. The third-order valence-electron chi connectivity index (χ3n) is 5.00. The maximum absolute atomic E-state index is 12.5. The summed E-state index contributed by atoms with van der Waals surface area (Å²) in [5, 5.41) is 0. The van der Waals surface area contributed by atoms with Gasteiger partial charge in [0.15, 0.2) is 12.4 Å². The van der Waals surface area contributed by atoms with Crippen molar-refractivity contribution >= 4 is 11.7 Å². The van der Waals surface area contributed by atoms with Gasteiger partial charge in [-0.05, 0) is 57.4 Å². The van der Waals surface area contributed by atoms with Crippen LogP contribution in [-0.4, -0.2) is 35.3 Å². The van der Waals surface area contributed by atoms with Crippen LogP contribution in [0.5, 0.6) is 5.75 Å². The zero-order chi connectivity index (χ0) is 18.5. The predicted octanol–water partition coefficient (Wildman–Crippen LogP) is 4.09. The van der Waals surface area contributed by atoms with Gasteiger partial charge in [0.2, 0.25) is 0 Å². The molecule has 1 aliphatic rings. The average molecular weight is 351 g/mol. The Morgan fingerprint density at radius 2 is 1.50 bits per heavy atom. The Bertz CT molecular complexity index is 745. The zero-order valence-corrected chi connectivity index (χ0v) is 15.4. The highest BCUT2D eigenvalue weighted by atomic mass is 16.5. The van der Waals surface area contributed by atoms with Crippen LogP contribution in [0.25, 0.3) is 0 Å². The highest BCUT2D eigenvalue weighted by molar-refractivity contribution is 6.08. The first-order chi connectivity index (χ1) is 12.6. The number of likely N-dealkylation sites (tertiary alicyclic amines) is 1. The van der Waals surface area contributed by atoms with E-state index in [1.54, 1.807) is 36.4 Å². The van der Waals surface area contributed by atoms with Crippen LogP contribution in [0.1, 0.15) is 49.0 Å². The van der Waals surface area contributed by atoms with Crippen LogP contribution in [0.4, 0.5) is 0 Å². The summed E-state index contributed by atoms with van der Waals surface area (Å²) in [5.74, 6) is 0.596. The Morgan fingerprint density at radius 1 is 0.923 bits per heavy atom. The van der Waals surface area contributed by atoms with Crippen LogP contribution in [-0.2, 0) is 4.79 Å². The lowest BCUT2D eigenvalue weighted by Crippen LogP contribution is -2.49. The second-order valence-electron chi connectivity index (χ2n) is 6.94. The molecule has 0 saturated carbocycles. The lowest BCUT2D eigenvalue weighted by Gasteiger charge is -2.38. The zero-order valence-electron chi connectivity index (χ0n) is 15.4. The van der Waals surface area contributed by atoms with E-state index in [0.29, 0.717) is 16.9 Å². The molecule has 0 aliphatic carbocycles. The monoisotopic (exact) mass is 351 g/mol. The van der Waals surface area contributed by atoms with E-state index in [4.69, 9.17) is 4.74 Å². The van der Waals surface area contributed by atoms with E-state index in [2.05, 4.69) is 13.8 Å². The van der Waals surface area contributed by atoms with E-state index in [0.717, 1.165) is 12.8 Å². The molecule has 1 amide bonds. The van der Waals surface area contributed by atoms with Crippen LogP contribution >= 0.6 is 0 Å². The molecule has 136 valence electrons. The first-order valence-electron chi connectivity index (χ1n) is 9.20. The first-order valence-corrected chi connectivity index (χ1v) is 9.20. The van der Waals surface area contributed by atoms with Crippen LogP contribution in [0.2, 0.25) is 0 Å². The molecular weight excluding hydrogens is 326 g/mol. The molecule has 0 aromatic heterocycles. The molecule has 3 rings (SSSR count). The highest BCUT2D eigenvalue weighted by Crippen LogP contribution is 2.23. The highest BCUT2D eigenvalue weighted by Gasteiger charge is 2.28. The minimum atomic E-state index is -0.0239. The second kappa shape index (κ2) is 8.17. The standard InChI is InChI=1S/C22H25NO3/c1-16-7-6-8-17(2)23(16)21(24)15-26-20-13-11-19(12-14-20)22(25)18-9-4-3-5-10-18/h3-5,9-14,16-17H,6-8,15H2,1-2H3. The lowest BCUT2D eigenvalue weighted by atomic mass is 9.97. The second-order valence-corrected chi connectivity index (χ2v) is 6.94. The number of carbonyl (C=O) groups is 2. The Labute approximate surface area is 154 Å². The van der Waals surface area contributed by atoms with Gasteiger partial charge in [0.25, 0.3) is 5.91 Å². The number of carbonyl (C=O) groups excluding carboxylic acids is 2. The van der Waals surface area contributed by atoms with Gasteiger partial charge in [-0.25, -0.2) is 0 Å². The largest absolute Gasteiger partial charge is 0.484 e. The lowest BCUT2D eigenvalue weighted by molar-refractivity contribution is -0.139. The fourth-order valence-corrected chi connectivity index (χ4v) is 3.59. The minimum Gasteiger partial charge on any atom is -0.484 e. The number of ether oxygens (including phenoxy) is 1. The number of hydrogen-bond donors (Lipinski definition) is 0. The van der Waals surface area contributed by atoms with Crippen molar-refractivity contribution in [1.29, 1.82) is 0 Å². The van der Waals surface area contributed by atoms with Gasteiger partial charge >= 0.3 is 0 Å². The van der Waals surface area contributed by atoms with E-state index in [1.807, 2.05) is 23.1 Å². The number of benzene rings is 2. The molecule has 0 N–H and O–H groups in total. The fourth-order valence-electron chi connectivity index (χ4n) is 3.59. The molecule has 2 aromatic carbocycles. The van der Waals surface area contributed by atoms with Gasteiger partial charge in [-0.2, -0.15) is 0 Å². The summed E-state index contributed by atoms with van der Waals surface area (Å²) in [7, 11) is 0. The van der Waals surface area contributed by atoms with Crippen molar-refractivity contribution in [3.05, 3.63) is 65.7 Å². The average Bonchev–Trinajstić information content (AvgIpc) is 2.67. The van der Waals surface area contributed by atoms with Gasteiger partial charge in [-0.1, -0.05) is 30.3 Å². The van der Waals surface area contributed by atoms with Crippen molar-refractivity contribution in [2.45, 2.75) is 45.2 Å². The topological polar surface area (TPSA) is 46.6 Å². The van der Waals surface area contributed by atoms with Gasteiger partial charge in [0.1, 0.15) is 5.75 Å². The fraction of sp³-hybridized carbons (Fsp3) is 0.364. The molecule has 4 nitrogen and oxygen atoms in total. The van der Waals surface area contributed by atoms with Crippen molar-refractivity contribution in [1.82, 2.24) is 4.90 Å². The van der Waals surface area contributed by atoms with E-state index in [1.165, 1.54) is 6.42 Å². The number of hydrogen-bond acceptors (Lipinski definition) is 3. The summed E-state index contributed by atoms with van der Waals surface area (Å²) >= 11 is 0. The minimum absolute atomic E-state index is 0.0224. The normalized spacial score (nSPS) is 19.8. The summed E-state index contributed by atoms with van der Waals surface area (Å²) in [6, 6.07) is 16.7. The summed E-state index contributed by atoms with van der Waals surface area (Å²) in [5.41, 5.74) is 1.26. The quantitative estimate of drug-likeness (QED) is 0.763. The maximum Gasteiger partial charge on any atom is 0.260 e. The molecule has 1 aliphatic heterocycles. The Balaban J connectivity index is 1.59. The summed E-state index contributed by atoms with van der Waals surface area (Å²) in [6.07, 6.45) is 3.27. The molecule has 4 heteroatoms. The maximum atomic E-state index is 12.5. The smallest absolute Gasteiger partial charge is 0.260 e. The molecule has 1 saturated heterocycles. The summed E-state index contributed by atoms with van der Waals surface area (Å²) in [4.78, 5) is 26.8. The first kappa shape index (κ1) is 18.2. The molecule has 1 fully saturated rings. The number of rotatable bonds is 5. The molecule has 2 aromatic rings. The van der Waals surface area contributed by atoms with E-state index in [9.17, 15) is 9.59 Å². The third kappa shape index (κ3) is 4.13. The van der Waals surface area contributed by atoms with Crippen molar-refractivity contribution in [2.24, 2.45) is 0 Å². The van der Waals surface area contributed by atoms with Crippen molar-refractivity contribution in [2.75, 3.05) is 6.61 Å². The molecule has 2 unspecified atom stereocenters. The molecule has 0 spiro atoms. The van der Waals surface area contributed by atoms with Gasteiger partial charge in [0, 0.05) is 23.2 Å². The number of piperidine rings is 1. The SMILES string of the molecule is CC1CCCC(C)N1C(=O)COc1ccc(C(=O)c2ccccc2)cc1. The van der Waals surface area contributed by atoms with E-state index < -0.39 is 0 Å². The predicted molar refractivity (Wildman–Crippen MR) is 101 cm³/mol. The molecule has 0 radical (unpaired) electrons. The number of ketones is 1. The molecule has 1 heterocycles. The summed E-state index contributed by atoms with van der Waals surface area (Å²) < 4.78 is 5.66. The van der Waals surface area contributed by atoms with Gasteiger partial charge in [-0.3, -0.25) is 9.59 Å². The Kier molecular flexibility index (Phi) is 5.71. The van der Waals surface area contributed by atoms with Crippen LogP contribution in [0.3, 0.4) is 0 Å². The van der Waals surface area contributed by atoms with Crippen LogP contribution in [0.15, 0.2) is 54.6 Å². The van der Waals surface area contributed by atoms with Crippen LogP contribution in [0, 0.1) is 0 Å². The van der Waals surface area contributed by atoms with Crippen LogP contribution < -0.4 is 4.74 Å². The van der Waals surface area contributed by atoms with E-state index >= 15 is 0 Å². The third-order valence-corrected chi connectivity index (χ3v) is 5.00. The Hall–Kier alpha value is -2.62. The van der Waals surface area contributed by atoms with Crippen molar-refractivity contribution in [3.63, 3.8) is 0 Å². The van der Waals surface area contributed by atoms with Gasteiger partial charge in [-0.15, -0.1) is 0 Å². The van der Waals surface area contributed by atoms with Gasteiger partial charge in [0.05, 0.1) is 0 Å². The van der Waals surface area contributed by atoms with E-state index in [-0.39, 0.29) is 30.4 Å². The molecule has 26 heavy (non-hydrogen) atoms. The molecular formula is C22H25NO3. The number of amides is 1. The van der Waals surface area contributed by atoms with Gasteiger partial charge < -0.3 is 9.64 Å². The summed E-state index contributed by atoms with van der Waals surface area (Å²) in [6.45, 7) is 4.22. The van der Waals surface area contributed by atoms with Crippen molar-refractivity contribution in [3.8, 4) is 5.75 Å². The van der Waals surface area contributed by atoms with Crippen molar-refractivity contribution < 1.29 is 14.3 Å². The Morgan fingerprint density at radius 3 is 2.12 bits per heavy atom.